The maximum atomic E-state index is 15.4. The summed E-state index contributed by atoms with van der Waals surface area (Å²) in [5.74, 6) is -2.39. The van der Waals surface area contributed by atoms with Crippen molar-refractivity contribution in [1.82, 2.24) is 14.5 Å². The summed E-state index contributed by atoms with van der Waals surface area (Å²) in [6.45, 7) is 0.913. The van der Waals surface area contributed by atoms with E-state index in [9.17, 15) is 14.3 Å². The van der Waals surface area contributed by atoms with Crippen LogP contribution >= 0.6 is 11.6 Å². The molecule has 1 aliphatic rings. The summed E-state index contributed by atoms with van der Waals surface area (Å²) in [4.78, 5) is 20.4. The number of nitrogens with zero attached hydrogens (tertiary/aromatic N) is 3. The summed E-state index contributed by atoms with van der Waals surface area (Å²) in [5.41, 5.74) is 1.64. The number of pyridine rings is 1. The third-order valence-electron chi connectivity index (χ3n) is 7.13. The van der Waals surface area contributed by atoms with E-state index in [4.69, 9.17) is 21.1 Å². The van der Waals surface area contributed by atoms with Crippen LogP contribution in [0.4, 0.5) is 13.2 Å². The zero-order valence-electron chi connectivity index (χ0n) is 22.0. The number of imidazole rings is 1. The molecule has 7 nitrogen and oxygen atoms in total. The number of aromatic nitrogens is 3. The topological polar surface area (TPSA) is 86.5 Å². The Balaban J connectivity index is 1.27. The van der Waals surface area contributed by atoms with Gasteiger partial charge in [0, 0.05) is 35.2 Å². The monoisotopic (exact) mass is 593 g/mol. The van der Waals surface area contributed by atoms with Crippen molar-refractivity contribution in [2.45, 2.75) is 32.1 Å². The molecule has 0 spiro atoms. The lowest BCUT2D eigenvalue weighted by Crippen LogP contribution is -2.31. The maximum absolute atomic E-state index is 15.4. The average molecular weight is 594 g/mol. The first-order valence-electron chi connectivity index (χ1n) is 13.1. The second-order valence-corrected chi connectivity index (χ2v) is 10.4. The van der Waals surface area contributed by atoms with E-state index in [1.165, 1.54) is 42.5 Å². The van der Waals surface area contributed by atoms with E-state index >= 15 is 8.78 Å². The fourth-order valence-corrected chi connectivity index (χ4v) is 4.96. The zero-order chi connectivity index (χ0) is 29.4. The molecule has 0 saturated carbocycles. The van der Waals surface area contributed by atoms with Gasteiger partial charge in [-0.2, -0.15) is 0 Å². The number of carbonyl (C=O) groups is 1. The minimum Gasteiger partial charge on any atom is -0.478 e. The molecule has 1 aliphatic heterocycles. The molecule has 214 valence electrons. The number of halogens is 4. The predicted octanol–water partition coefficient (Wildman–Crippen LogP) is 6.83. The van der Waals surface area contributed by atoms with Crippen LogP contribution in [0.25, 0.3) is 22.3 Å². The van der Waals surface area contributed by atoms with Gasteiger partial charge in [0.1, 0.15) is 29.9 Å². The summed E-state index contributed by atoms with van der Waals surface area (Å²) >= 11 is 5.79. The summed E-state index contributed by atoms with van der Waals surface area (Å²) < 4.78 is 57.9. The van der Waals surface area contributed by atoms with E-state index in [1.807, 2.05) is 4.57 Å². The number of aromatic carboxylic acids is 1. The minimum atomic E-state index is -1.07. The van der Waals surface area contributed by atoms with Crippen LogP contribution in [0, 0.1) is 17.5 Å². The number of carboxylic acid groups (broad SMARTS) is 1. The number of fused-ring (bicyclic) bond motifs is 1. The highest BCUT2D eigenvalue weighted by Gasteiger charge is 2.23. The smallest absolute Gasteiger partial charge is 0.335 e. The van der Waals surface area contributed by atoms with Crippen molar-refractivity contribution >= 4 is 28.6 Å². The number of ether oxygens (including phenoxy) is 2. The molecule has 1 fully saturated rings. The van der Waals surface area contributed by atoms with E-state index < -0.39 is 23.4 Å². The maximum Gasteiger partial charge on any atom is 0.335 e. The van der Waals surface area contributed by atoms with Crippen molar-refractivity contribution < 1.29 is 32.5 Å². The molecule has 0 radical (unpaired) electrons. The van der Waals surface area contributed by atoms with Gasteiger partial charge in [0.15, 0.2) is 0 Å². The van der Waals surface area contributed by atoms with E-state index in [1.54, 1.807) is 12.1 Å². The second-order valence-electron chi connectivity index (χ2n) is 9.91. The van der Waals surface area contributed by atoms with Gasteiger partial charge in [0.25, 0.3) is 0 Å². The van der Waals surface area contributed by atoms with Crippen molar-refractivity contribution in [3.63, 3.8) is 0 Å². The Hall–Kier alpha value is -4.41. The summed E-state index contributed by atoms with van der Waals surface area (Å²) in [5, 5.41) is 9.70. The molecule has 2 aromatic heterocycles. The van der Waals surface area contributed by atoms with E-state index in [2.05, 4.69) is 9.97 Å². The molecule has 3 heterocycles. The fraction of sp³-hybridized carbons (Fsp3) is 0.194. The number of benzene rings is 3. The third-order valence-corrected chi connectivity index (χ3v) is 7.36. The lowest BCUT2D eigenvalue weighted by molar-refractivity contribution is -0.0589. The lowest BCUT2D eigenvalue weighted by Gasteiger charge is -2.27. The fourth-order valence-electron chi connectivity index (χ4n) is 4.80. The van der Waals surface area contributed by atoms with Crippen LogP contribution in [0.1, 0.15) is 33.7 Å². The Morgan fingerprint density at radius 3 is 2.55 bits per heavy atom. The van der Waals surface area contributed by atoms with E-state index in [-0.39, 0.29) is 58.0 Å². The zero-order valence-corrected chi connectivity index (χ0v) is 22.7. The molecule has 11 heteroatoms. The second kappa shape index (κ2) is 11.5. The molecular formula is C31H23ClF3N3O4. The van der Waals surface area contributed by atoms with Crippen LogP contribution in [0.5, 0.6) is 5.88 Å². The van der Waals surface area contributed by atoms with Gasteiger partial charge in [-0.05, 0) is 60.5 Å². The molecular weight excluding hydrogens is 571 g/mol. The average Bonchev–Trinajstić information content (AvgIpc) is 3.28. The molecule has 1 saturated heterocycles. The first-order valence-corrected chi connectivity index (χ1v) is 13.5. The highest BCUT2D eigenvalue weighted by molar-refractivity contribution is 6.30. The molecule has 0 amide bonds. The van der Waals surface area contributed by atoms with Crippen LogP contribution in [0.15, 0.2) is 66.7 Å². The Labute approximate surface area is 243 Å². The number of carboxylic acids is 1. The number of hydrogen-bond donors (Lipinski definition) is 1. The van der Waals surface area contributed by atoms with Crippen molar-refractivity contribution in [2.24, 2.45) is 0 Å². The molecule has 0 bridgehead atoms. The summed E-state index contributed by atoms with van der Waals surface area (Å²) in [6, 6.07) is 15.6. The third kappa shape index (κ3) is 5.68. The SMILES string of the molecule is O=C(O)c1ccc2nc(Cc3cc(F)c(-c4cccc(OCc5ccc(Cl)cc5F)n4)cc3F)n(CC3CCO3)c2c1. The van der Waals surface area contributed by atoms with Gasteiger partial charge >= 0.3 is 5.97 Å². The van der Waals surface area contributed by atoms with Crippen molar-refractivity contribution in [3.05, 3.63) is 112 Å². The van der Waals surface area contributed by atoms with Crippen LogP contribution < -0.4 is 4.74 Å². The molecule has 1 unspecified atom stereocenters. The van der Waals surface area contributed by atoms with Gasteiger partial charge in [0.2, 0.25) is 5.88 Å². The molecule has 42 heavy (non-hydrogen) atoms. The first kappa shape index (κ1) is 27.7. The highest BCUT2D eigenvalue weighted by atomic mass is 35.5. The Morgan fingerprint density at radius 1 is 1.00 bits per heavy atom. The van der Waals surface area contributed by atoms with Gasteiger partial charge < -0.3 is 19.1 Å². The van der Waals surface area contributed by atoms with Gasteiger partial charge in [-0.25, -0.2) is 27.9 Å². The first-order chi connectivity index (χ1) is 20.2. The van der Waals surface area contributed by atoms with Crippen molar-refractivity contribution in [1.29, 1.82) is 0 Å². The quantitative estimate of drug-likeness (QED) is 0.202. The van der Waals surface area contributed by atoms with Gasteiger partial charge in [-0.3, -0.25) is 0 Å². The van der Waals surface area contributed by atoms with Crippen molar-refractivity contribution in [3.8, 4) is 17.1 Å². The van der Waals surface area contributed by atoms with Crippen LogP contribution in [0.3, 0.4) is 0 Å². The highest BCUT2D eigenvalue weighted by Crippen LogP contribution is 2.29. The van der Waals surface area contributed by atoms with Crippen LogP contribution in [-0.4, -0.2) is 38.3 Å². The van der Waals surface area contributed by atoms with Gasteiger partial charge in [-0.1, -0.05) is 23.7 Å². The molecule has 6 rings (SSSR count). The summed E-state index contributed by atoms with van der Waals surface area (Å²) in [7, 11) is 0. The Bertz CT molecular complexity index is 1820. The van der Waals surface area contributed by atoms with Crippen LogP contribution in [0.2, 0.25) is 5.02 Å². The van der Waals surface area contributed by atoms with Gasteiger partial charge in [-0.15, -0.1) is 0 Å². The Morgan fingerprint density at radius 2 is 1.81 bits per heavy atom. The summed E-state index contributed by atoms with van der Waals surface area (Å²) in [6.07, 6.45) is 0.728. The molecule has 1 atom stereocenters. The number of hydrogen-bond acceptors (Lipinski definition) is 5. The van der Waals surface area contributed by atoms with Crippen LogP contribution in [-0.2, 0) is 24.3 Å². The standard InChI is InChI=1S/C31H23ClF3N3O4/c32-20-6-4-18(23(33)13-20)16-42-30-3-1-2-26(37-30)22-14-24(34)19(10-25(22)35)12-29-36-27-7-5-17(31(39)40)11-28(27)38(29)15-21-8-9-41-21/h1-7,10-11,13-14,21H,8-9,12,15-16H2,(H,39,40). The lowest BCUT2D eigenvalue weighted by atomic mass is 10.0. The minimum absolute atomic E-state index is 0.0317. The van der Waals surface area contributed by atoms with Crippen molar-refractivity contribution in [2.75, 3.05) is 6.61 Å². The Kier molecular flexibility index (Phi) is 7.57. The van der Waals surface area contributed by atoms with Gasteiger partial charge in [0.05, 0.1) is 34.9 Å². The largest absolute Gasteiger partial charge is 0.478 e. The molecule has 1 N–H and O–H groups in total. The molecule has 5 aromatic rings. The van der Waals surface area contributed by atoms with E-state index in [0.29, 0.717) is 30.0 Å². The molecule has 3 aromatic carbocycles. The van der Waals surface area contributed by atoms with E-state index in [0.717, 1.165) is 18.6 Å². The molecule has 0 aliphatic carbocycles. The predicted molar refractivity (Wildman–Crippen MR) is 149 cm³/mol. The normalized spacial score (nSPS) is 14.6. The number of rotatable bonds is 9.